The number of aromatic nitrogens is 2. The van der Waals surface area contributed by atoms with Gasteiger partial charge in [0.1, 0.15) is 11.1 Å². The number of nitrogens with zero attached hydrogens (tertiary/aromatic N) is 5. The third-order valence-corrected chi connectivity index (χ3v) is 6.95. The van der Waals surface area contributed by atoms with Crippen molar-refractivity contribution >= 4 is 23.2 Å². The van der Waals surface area contributed by atoms with Crippen molar-refractivity contribution in [3.63, 3.8) is 0 Å². The minimum atomic E-state index is -0.351. The third kappa shape index (κ3) is 4.96. The molecule has 1 amide bonds. The molecule has 0 bridgehead atoms. The van der Waals surface area contributed by atoms with Crippen molar-refractivity contribution in [2.24, 2.45) is 0 Å². The number of ether oxygens (including phenoxy) is 1. The van der Waals surface area contributed by atoms with Gasteiger partial charge in [-0.2, -0.15) is 9.78 Å². The molecule has 3 aromatic rings. The highest BCUT2D eigenvalue weighted by atomic mass is 35.5. The number of carbonyl (C=O) groups excluding carboxylic acids is 1. The lowest BCUT2D eigenvalue weighted by molar-refractivity contribution is -0.141. The van der Waals surface area contributed by atoms with Gasteiger partial charge in [0.2, 0.25) is 5.91 Å². The predicted octanol–water partition coefficient (Wildman–Crippen LogP) is 2.61. The van der Waals surface area contributed by atoms with Crippen molar-refractivity contribution < 1.29 is 9.53 Å². The lowest BCUT2D eigenvalue weighted by Crippen LogP contribution is -2.53. The largest absolute Gasteiger partial charge is 0.378 e. The molecule has 0 saturated carbocycles. The van der Waals surface area contributed by atoms with Crippen molar-refractivity contribution in [3.05, 3.63) is 87.8 Å². The highest BCUT2D eigenvalue weighted by Crippen LogP contribution is 2.28. The summed E-state index contributed by atoms with van der Waals surface area (Å²) in [6.07, 6.45) is 1.65. The van der Waals surface area contributed by atoms with Crippen LogP contribution in [0.3, 0.4) is 0 Å². The Bertz CT molecular complexity index is 1210. The van der Waals surface area contributed by atoms with Gasteiger partial charge in [-0.1, -0.05) is 60.1 Å². The minimum absolute atomic E-state index is 0.109. The molecule has 35 heavy (non-hydrogen) atoms. The first kappa shape index (κ1) is 23.5. The molecule has 0 aliphatic carbocycles. The SMILES string of the molecule is O=C([C@@H](c1ccccc1)N1CCN(c2cnn(-c3ccccc3)c(=O)c2Cl)CC1)N1CCOCC1. The fourth-order valence-electron chi connectivity index (χ4n) is 4.72. The summed E-state index contributed by atoms with van der Waals surface area (Å²) in [6.45, 7) is 4.96. The Labute approximate surface area is 209 Å². The van der Waals surface area contributed by atoms with Crippen molar-refractivity contribution in [2.45, 2.75) is 6.04 Å². The predicted molar refractivity (Wildman–Crippen MR) is 135 cm³/mol. The molecule has 2 aliphatic heterocycles. The van der Waals surface area contributed by atoms with Crippen LogP contribution in [0, 0.1) is 0 Å². The zero-order chi connectivity index (χ0) is 24.2. The van der Waals surface area contributed by atoms with Crippen LogP contribution in [-0.4, -0.2) is 78.0 Å². The lowest BCUT2D eigenvalue weighted by Gasteiger charge is -2.41. The van der Waals surface area contributed by atoms with E-state index in [1.165, 1.54) is 4.68 Å². The van der Waals surface area contributed by atoms with Gasteiger partial charge in [0, 0.05) is 39.3 Å². The van der Waals surface area contributed by atoms with E-state index in [2.05, 4.69) is 14.9 Å². The first-order valence-corrected chi connectivity index (χ1v) is 12.2. The fraction of sp³-hybridized carbons (Fsp3) is 0.346. The summed E-state index contributed by atoms with van der Waals surface area (Å²) in [5.74, 6) is 0.109. The summed E-state index contributed by atoms with van der Waals surface area (Å²) in [5, 5.41) is 4.52. The third-order valence-electron chi connectivity index (χ3n) is 6.59. The van der Waals surface area contributed by atoms with Crippen molar-refractivity contribution in [2.75, 3.05) is 57.4 Å². The number of morpholine rings is 1. The average Bonchev–Trinajstić information content (AvgIpc) is 2.92. The highest BCUT2D eigenvalue weighted by Gasteiger charge is 2.34. The summed E-state index contributed by atoms with van der Waals surface area (Å²) < 4.78 is 6.76. The summed E-state index contributed by atoms with van der Waals surface area (Å²) in [6, 6.07) is 18.8. The van der Waals surface area contributed by atoms with E-state index in [1.807, 2.05) is 65.6 Å². The van der Waals surface area contributed by atoms with Crippen LogP contribution < -0.4 is 10.5 Å². The van der Waals surface area contributed by atoms with Crippen LogP contribution in [0.2, 0.25) is 5.02 Å². The second-order valence-electron chi connectivity index (χ2n) is 8.67. The van der Waals surface area contributed by atoms with Gasteiger partial charge < -0.3 is 14.5 Å². The van der Waals surface area contributed by atoms with E-state index in [0.717, 1.165) is 5.56 Å². The molecule has 0 spiro atoms. The molecule has 1 atom stereocenters. The number of rotatable bonds is 5. The fourth-order valence-corrected chi connectivity index (χ4v) is 4.97. The lowest BCUT2D eigenvalue weighted by atomic mass is 10.0. The van der Waals surface area contributed by atoms with Crippen molar-refractivity contribution in [1.29, 1.82) is 0 Å². The van der Waals surface area contributed by atoms with Gasteiger partial charge in [0.15, 0.2) is 0 Å². The Balaban J connectivity index is 1.34. The van der Waals surface area contributed by atoms with E-state index in [1.54, 1.807) is 6.20 Å². The number of halogens is 1. The van der Waals surface area contributed by atoms with E-state index >= 15 is 0 Å². The Hall–Kier alpha value is -3.20. The summed E-state index contributed by atoms with van der Waals surface area (Å²) in [7, 11) is 0. The maximum atomic E-state index is 13.6. The van der Waals surface area contributed by atoms with Crippen molar-refractivity contribution in [3.8, 4) is 5.69 Å². The Kier molecular flexibility index (Phi) is 7.13. The number of para-hydroxylation sites is 1. The van der Waals surface area contributed by atoms with E-state index in [9.17, 15) is 9.59 Å². The molecule has 1 aromatic heterocycles. The van der Waals surface area contributed by atoms with Gasteiger partial charge in [-0.05, 0) is 17.7 Å². The van der Waals surface area contributed by atoms with E-state index in [0.29, 0.717) is 63.9 Å². The molecule has 2 fully saturated rings. The van der Waals surface area contributed by atoms with E-state index in [4.69, 9.17) is 16.3 Å². The van der Waals surface area contributed by atoms with Crippen LogP contribution in [0.25, 0.3) is 5.69 Å². The monoisotopic (exact) mass is 493 g/mol. The second-order valence-corrected chi connectivity index (χ2v) is 9.05. The molecule has 3 heterocycles. The first-order valence-electron chi connectivity index (χ1n) is 11.9. The van der Waals surface area contributed by atoms with Gasteiger partial charge in [-0.25, -0.2) is 0 Å². The van der Waals surface area contributed by atoms with Crippen LogP contribution in [-0.2, 0) is 9.53 Å². The van der Waals surface area contributed by atoms with Crippen LogP contribution in [0.4, 0.5) is 5.69 Å². The number of amides is 1. The Morgan fingerprint density at radius 2 is 1.51 bits per heavy atom. The first-order chi connectivity index (χ1) is 17.1. The standard InChI is InChI=1S/C26H28ClN5O3/c27-23-22(19-28-32(25(23)33)21-9-5-2-6-10-21)29-11-13-30(14-12-29)24(20-7-3-1-4-8-20)26(34)31-15-17-35-18-16-31/h1-10,19,24H,11-18H2/t24-/m1/s1. The van der Waals surface area contributed by atoms with Crippen molar-refractivity contribution in [1.82, 2.24) is 19.6 Å². The molecule has 0 unspecified atom stereocenters. The maximum Gasteiger partial charge on any atom is 0.292 e. The smallest absolute Gasteiger partial charge is 0.292 e. The molecule has 9 heteroatoms. The van der Waals surface area contributed by atoms with E-state index in [-0.39, 0.29) is 22.5 Å². The molecule has 0 radical (unpaired) electrons. The summed E-state index contributed by atoms with van der Waals surface area (Å²) in [5.41, 5.74) is 1.94. The Morgan fingerprint density at radius 3 is 2.17 bits per heavy atom. The molecule has 2 aromatic carbocycles. The van der Waals surface area contributed by atoms with Gasteiger partial charge in [0.25, 0.3) is 5.56 Å². The molecule has 2 aliphatic rings. The molecular formula is C26H28ClN5O3. The average molecular weight is 494 g/mol. The molecule has 182 valence electrons. The van der Waals surface area contributed by atoms with E-state index < -0.39 is 0 Å². The topological polar surface area (TPSA) is 70.9 Å². The molecule has 2 saturated heterocycles. The van der Waals surface area contributed by atoms with Crippen LogP contribution in [0.5, 0.6) is 0 Å². The summed E-state index contributed by atoms with van der Waals surface area (Å²) >= 11 is 6.53. The summed E-state index contributed by atoms with van der Waals surface area (Å²) in [4.78, 5) is 32.7. The van der Waals surface area contributed by atoms with Crippen LogP contribution >= 0.6 is 11.6 Å². The molecule has 0 N–H and O–H groups in total. The number of anilines is 1. The number of hydrogen-bond donors (Lipinski definition) is 0. The number of benzene rings is 2. The number of carbonyl (C=O) groups is 1. The zero-order valence-corrected chi connectivity index (χ0v) is 20.2. The number of hydrogen-bond acceptors (Lipinski definition) is 6. The normalized spacial score (nSPS) is 17.9. The molecule has 8 nitrogen and oxygen atoms in total. The van der Waals surface area contributed by atoms with Crippen LogP contribution in [0.15, 0.2) is 71.7 Å². The Morgan fingerprint density at radius 1 is 0.886 bits per heavy atom. The van der Waals surface area contributed by atoms with Gasteiger partial charge in [0.05, 0.1) is 30.8 Å². The zero-order valence-electron chi connectivity index (χ0n) is 19.4. The highest BCUT2D eigenvalue weighted by molar-refractivity contribution is 6.33. The second kappa shape index (κ2) is 10.6. The van der Waals surface area contributed by atoms with Crippen LogP contribution in [0.1, 0.15) is 11.6 Å². The van der Waals surface area contributed by atoms with Gasteiger partial charge in [-0.15, -0.1) is 0 Å². The molecule has 5 rings (SSSR count). The maximum absolute atomic E-state index is 13.6. The quantitative estimate of drug-likeness (QED) is 0.544. The van der Waals surface area contributed by atoms with Gasteiger partial charge in [-0.3, -0.25) is 14.5 Å². The van der Waals surface area contributed by atoms with Gasteiger partial charge >= 0.3 is 0 Å². The molecular weight excluding hydrogens is 466 g/mol. The minimum Gasteiger partial charge on any atom is -0.378 e. The number of piperazine rings is 1.